The van der Waals surface area contributed by atoms with Crippen LogP contribution in [0.1, 0.15) is 12.5 Å². The van der Waals surface area contributed by atoms with E-state index in [2.05, 4.69) is 42.0 Å². The SMILES string of the molecule is C=C(C)C(=C)c1ccc(-n2cccc2)cc1. The lowest BCUT2D eigenvalue weighted by atomic mass is 10.0. The van der Waals surface area contributed by atoms with Gasteiger partial charge in [0.15, 0.2) is 0 Å². The fourth-order valence-electron chi connectivity index (χ4n) is 1.59. The minimum atomic E-state index is 0.999. The molecular weight excluding hydrogens is 194 g/mol. The molecule has 0 saturated heterocycles. The van der Waals surface area contributed by atoms with Crippen LogP contribution in [0.15, 0.2) is 67.5 Å². The molecule has 0 aliphatic carbocycles. The minimum Gasteiger partial charge on any atom is -0.324 e. The fourth-order valence-corrected chi connectivity index (χ4v) is 1.59. The Balaban J connectivity index is 2.30. The third-order valence-electron chi connectivity index (χ3n) is 2.63. The number of allylic oxidation sites excluding steroid dienone is 2. The summed E-state index contributed by atoms with van der Waals surface area (Å²) in [6, 6.07) is 12.4. The summed E-state index contributed by atoms with van der Waals surface area (Å²) in [6.07, 6.45) is 4.06. The molecule has 0 radical (unpaired) electrons. The molecule has 0 saturated carbocycles. The van der Waals surface area contributed by atoms with Crippen molar-refractivity contribution >= 4 is 5.57 Å². The lowest BCUT2D eigenvalue weighted by Crippen LogP contribution is -1.90. The van der Waals surface area contributed by atoms with Crippen LogP contribution in [0.4, 0.5) is 0 Å². The van der Waals surface area contributed by atoms with Crippen molar-refractivity contribution in [3.05, 3.63) is 73.1 Å². The highest BCUT2D eigenvalue weighted by atomic mass is 14.9. The van der Waals surface area contributed by atoms with Gasteiger partial charge in [-0.3, -0.25) is 0 Å². The van der Waals surface area contributed by atoms with Gasteiger partial charge in [0.25, 0.3) is 0 Å². The molecule has 0 amide bonds. The van der Waals surface area contributed by atoms with Gasteiger partial charge in [0.2, 0.25) is 0 Å². The molecular formula is C15H15N. The maximum atomic E-state index is 4.01. The molecule has 0 atom stereocenters. The molecule has 0 aliphatic rings. The standard InChI is InChI=1S/C15H15N/c1-12(2)13(3)14-6-8-15(9-7-14)16-10-4-5-11-16/h4-11H,1,3H2,2H3. The molecule has 1 heterocycles. The highest BCUT2D eigenvalue weighted by molar-refractivity contribution is 5.76. The number of benzene rings is 1. The minimum absolute atomic E-state index is 0.999. The molecule has 80 valence electrons. The Bertz CT molecular complexity index is 501. The predicted octanol–water partition coefficient (Wildman–Crippen LogP) is 4.07. The van der Waals surface area contributed by atoms with E-state index in [1.54, 1.807) is 0 Å². The Morgan fingerprint density at radius 3 is 2.06 bits per heavy atom. The van der Waals surface area contributed by atoms with Crippen LogP contribution in [-0.2, 0) is 0 Å². The Morgan fingerprint density at radius 1 is 1.00 bits per heavy atom. The van der Waals surface area contributed by atoms with Crippen molar-refractivity contribution in [1.29, 1.82) is 0 Å². The Labute approximate surface area is 96.4 Å². The van der Waals surface area contributed by atoms with Crippen molar-refractivity contribution in [1.82, 2.24) is 4.57 Å². The van der Waals surface area contributed by atoms with Gasteiger partial charge >= 0.3 is 0 Å². The highest BCUT2D eigenvalue weighted by Gasteiger charge is 2.00. The molecule has 0 N–H and O–H groups in total. The van der Waals surface area contributed by atoms with Crippen LogP contribution >= 0.6 is 0 Å². The molecule has 1 nitrogen and oxygen atoms in total. The third-order valence-corrected chi connectivity index (χ3v) is 2.63. The monoisotopic (exact) mass is 209 g/mol. The maximum Gasteiger partial charge on any atom is 0.0449 e. The Hall–Kier alpha value is -2.02. The fraction of sp³-hybridized carbons (Fsp3) is 0.0667. The molecule has 1 heteroatoms. The van der Waals surface area contributed by atoms with Gasteiger partial charge in [-0.1, -0.05) is 30.9 Å². The van der Waals surface area contributed by atoms with Gasteiger partial charge in [-0.05, 0) is 42.3 Å². The second kappa shape index (κ2) is 4.23. The van der Waals surface area contributed by atoms with E-state index >= 15 is 0 Å². The molecule has 0 aliphatic heterocycles. The van der Waals surface area contributed by atoms with Gasteiger partial charge in [0.1, 0.15) is 0 Å². The largest absolute Gasteiger partial charge is 0.324 e. The second-order valence-electron chi connectivity index (χ2n) is 3.90. The van der Waals surface area contributed by atoms with Crippen molar-refractivity contribution in [2.24, 2.45) is 0 Å². The zero-order valence-electron chi connectivity index (χ0n) is 9.48. The first-order chi connectivity index (χ1) is 7.68. The van der Waals surface area contributed by atoms with Gasteiger partial charge in [0, 0.05) is 18.1 Å². The number of hydrogen-bond donors (Lipinski definition) is 0. The molecule has 0 unspecified atom stereocenters. The van der Waals surface area contributed by atoms with E-state index < -0.39 is 0 Å². The summed E-state index contributed by atoms with van der Waals surface area (Å²) < 4.78 is 2.08. The van der Waals surface area contributed by atoms with E-state index in [1.165, 1.54) is 0 Å². The molecule has 2 rings (SSSR count). The van der Waals surface area contributed by atoms with Crippen LogP contribution in [0.3, 0.4) is 0 Å². The highest BCUT2D eigenvalue weighted by Crippen LogP contribution is 2.20. The van der Waals surface area contributed by atoms with Crippen LogP contribution < -0.4 is 0 Å². The van der Waals surface area contributed by atoms with Gasteiger partial charge in [0.05, 0.1) is 0 Å². The van der Waals surface area contributed by atoms with Gasteiger partial charge in [-0.15, -0.1) is 0 Å². The van der Waals surface area contributed by atoms with E-state index in [4.69, 9.17) is 0 Å². The normalized spacial score (nSPS) is 10.1. The molecule has 1 aromatic carbocycles. The second-order valence-corrected chi connectivity index (χ2v) is 3.90. The lowest BCUT2D eigenvalue weighted by molar-refractivity contribution is 1.08. The van der Waals surface area contributed by atoms with E-state index in [9.17, 15) is 0 Å². The van der Waals surface area contributed by atoms with E-state index in [0.29, 0.717) is 0 Å². The smallest absolute Gasteiger partial charge is 0.0449 e. The average Bonchev–Trinajstić information content (AvgIpc) is 2.81. The predicted molar refractivity (Wildman–Crippen MR) is 69.6 cm³/mol. The first-order valence-corrected chi connectivity index (χ1v) is 5.27. The van der Waals surface area contributed by atoms with Crippen LogP contribution in [-0.4, -0.2) is 4.57 Å². The van der Waals surface area contributed by atoms with E-state index in [-0.39, 0.29) is 0 Å². The van der Waals surface area contributed by atoms with E-state index in [0.717, 1.165) is 22.4 Å². The van der Waals surface area contributed by atoms with Gasteiger partial charge in [-0.2, -0.15) is 0 Å². The first-order valence-electron chi connectivity index (χ1n) is 5.27. The van der Waals surface area contributed by atoms with Gasteiger partial charge < -0.3 is 4.57 Å². The van der Waals surface area contributed by atoms with E-state index in [1.807, 2.05) is 31.5 Å². The van der Waals surface area contributed by atoms with Crippen molar-refractivity contribution < 1.29 is 0 Å². The number of hydrogen-bond acceptors (Lipinski definition) is 0. The maximum absolute atomic E-state index is 4.01. The summed E-state index contributed by atoms with van der Waals surface area (Å²) in [5.41, 5.74) is 4.29. The molecule has 2 aromatic rings. The van der Waals surface area contributed by atoms with Crippen molar-refractivity contribution in [2.45, 2.75) is 6.92 Å². The molecule has 1 aromatic heterocycles. The van der Waals surface area contributed by atoms with Crippen LogP contribution in [0, 0.1) is 0 Å². The van der Waals surface area contributed by atoms with Crippen LogP contribution in [0.2, 0.25) is 0 Å². The Kier molecular flexibility index (Phi) is 2.78. The van der Waals surface area contributed by atoms with Crippen molar-refractivity contribution in [3.63, 3.8) is 0 Å². The molecule has 0 spiro atoms. The van der Waals surface area contributed by atoms with Crippen molar-refractivity contribution in [2.75, 3.05) is 0 Å². The summed E-state index contributed by atoms with van der Waals surface area (Å²) in [7, 11) is 0. The third kappa shape index (κ3) is 1.98. The number of rotatable bonds is 3. The zero-order valence-corrected chi connectivity index (χ0v) is 9.48. The molecule has 0 fully saturated rings. The number of aromatic nitrogens is 1. The summed E-state index contributed by atoms with van der Waals surface area (Å²) in [5, 5.41) is 0. The van der Waals surface area contributed by atoms with Crippen molar-refractivity contribution in [3.8, 4) is 5.69 Å². The quantitative estimate of drug-likeness (QED) is 0.672. The first kappa shape index (κ1) is 10.5. The Morgan fingerprint density at radius 2 is 1.56 bits per heavy atom. The summed E-state index contributed by atoms with van der Waals surface area (Å²) in [6.45, 7) is 9.88. The average molecular weight is 209 g/mol. The lowest BCUT2D eigenvalue weighted by Gasteiger charge is -2.07. The van der Waals surface area contributed by atoms with Crippen LogP contribution in [0.25, 0.3) is 11.3 Å². The van der Waals surface area contributed by atoms with Gasteiger partial charge in [-0.25, -0.2) is 0 Å². The molecule has 16 heavy (non-hydrogen) atoms. The summed E-state index contributed by atoms with van der Waals surface area (Å²) >= 11 is 0. The molecule has 0 bridgehead atoms. The summed E-state index contributed by atoms with van der Waals surface area (Å²) in [4.78, 5) is 0. The topological polar surface area (TPSA) is 4.93 Å². The summed E-state index contributed by atoms with van der Waals surface area (Å²) in [5.74, 6) is 0. The zero-order chi connectivity index (χ0) is 11.5. The number of nitrogens with zero attached hydrogens (tertiary/aromatic N) is 1. The van der Waals surface area contributed by atoms with Crippen LogP contribution in [0.5, 0.6) is 0 Å².